The predicted molar refractivity (Wildman–Crippen MR) is 73.6 cm³/mol. The maximum absolute atomic E-state index is 12.4. The molecule has 1 rings (SSSR count). The first kappa shape index (κ1) is 17.5. The number of benzene rings is 1. The zero-order valence-corrected chi connectivity index (χ0v) is 12.3. The van der Waals surface area contributed by atoms with Gasteiger partial charge in [0.15, 0.2) is 0 Å². The van der Waals surface area contributed by atoms with Crippen molar-refractivity contribution in [1.82, 2.24) is 5.32 Å². The van der Waals surface area contributed by atoms with Crippen molar-refractivity contribution in [2.75, 3.05) is 6.61 Å². The van der Waals surface area contributed by atoms with Crippen LogP contribution in [0, 0.1) is 5.92 Å². The molecule has 2 N–H and O–H groups in total. The van der Waals surface area contributed by atoms with Gasteiger partial charge >= 0.3 is 6.18 Å². The molecule has 3 nitrogen and oxygen atoms in total. The number of aliphatic hydroxyl groups is 1. The molecule has 118 valence electrons. The highest BCUT2D eigenvalue weighted by Gasteiger charge is 2.30. The molecule has 21 heavy (non-hydrogen) atoms. The van der Waals surface area contributed by atoms with Gasteiger partial charge in [-0.1, -0.05) is 19.1 Å². The van der Waals surface area contributed by atoms with Gasteiger partial charge in [0.2, 0.25) is 5.91 Å². The van der Waals surface area contributed by atoms with Crippen molar-refractivity contribution in [3.8, 4) is 0 Å². The Bertz CT molecular complexity index is 481. The summed E-state index contributed by atoms with van der Waals surface area (Å²) in [4.78, 5) is 11.9. The Labute approximate surface area is 122 Å². The van der Waals surface area contributed by atoms with E-state index in [9.17, 15) is 18.0 Å². The van der Waals surface area contributed by atoms with Crippen LogP contribution in [0.1, 0.15) is 31.9 Å². The second-order valence-corrected chi connectivity index (χ2v) is 5.83. The number of aliphatic hydroxyl groups excluding tert-OH is 1. The molecule has 0 aliphatic rings. The van der Waals surface area contributed by atoms with Gasteiger partial charge in [-0.15, -0.1) is 0 Å². The van der Waals surface area contributed by atoms with Crippen molar-refractivity contribution in [3.63, 3.8) is 0 Å². The summed E-state index contributed by atoms with van der Waals surface area (Å²) in [5, 5.41) is 11.8. The molecule has 1 atom stereocenters. The minimum absolute atomic E-state index is 0.189. The lowest BCUT2D eigenvalue weighted by molar-refractivity contribution is -0.137. The van der Waals surface area contributed by atoms with E-state index in [-0.39, 0.29) is 12.5 Å². The van der Waals surface area contributed by atoms with E-state index in [4.69, 9.17) is 5.11 Å². The highest BCUT2D eigenvalue weighted by molar-refractivity contribution is 5.79. The van der Waals surface area contributed by atoms with Crippen LogP contribution >= 0.6 is 0 Å². The normalized spacial score (nSPS) is 13.9. The van der Waals surface area contributed by atoms with Gasteiger partial charge in [-0.2, -0.15) is 13.2 Å². The van der Waals surface area contributed by atoms with E-state index in [1.165, 1.54) is 12.1 Å². The lowest BCUT2D eigenvalue weighted by Crippen LogP contribution is -2.48. The van der Waals surface area contributed by atoms with E-state index < -0.39 is 23.2 Å². The van der Waals surface area contributed by atoms with E-state index in [1.807, 2.05) is 0 Å². The van der Waals surface area contributed by atoms with Gasteiger partial charge in [-0.05, 0) is 38.0 Å². The summed E-state index contributed by atoms with van der Waals surface area (Å²) in [5.41, 5.74) is -0.761. The number of nitrogens with one attached hydrogen (secondary N) is 1. The third kappa shape index (κ3) is 5.38. The molecular weight excluding hydrogens is 283 g/mol. The summed E-state index contributed by atoms with van der Waals surface area (Å²) in [7, 11) is 0. The van der Waals surface area contributed by atoms with Gasteiger partial charge in [0.1, 0.15) is 0 Å². The standard InChI is InChI=1S/C15H20F3NO2/c1-10(13(21)19-14(2,3)9-20)8-11-4-6-12(7-5-11)15(16,17)18/h4-7,10,20H,8-9H2,1-3H3,(H,19,21). The largest absolute Gasteiger partial charge is 0.416 e. The van der Waals surface area contributed by atoms with Crippen LogP contribution in [0.2, 0.25) is 0 Å². The average molecular weight is 303 g/mol. The second kappa shape index (κ2) is 6.47. The number of hydrogen-bond acceptors (Lipinski definition) is 2. The lowest BCUT2D eigenvalue weighted by atomic mass is 9.97. The third-order valence-corrected chi connectivity index (χ3v) is 3.13. The molecule has 0 fully saturated rings. The number of amides is 1. The number of hydrogen-bond donors (Lipinski definition) is 2. The number of halogens is 3. The van der Waals surface area contributed by atoms with E-state index in [0.29, 0.717) is 12.0 Å². The molecule has 0 aromatic heterocycles. The summed E-state index contributed by atoms with van der Waals surface area (Å²) >= 11 is 0. The Morgan fingerprint density at radius 2 is 1.76 bits per heavy atom. The molecule has 0 spiro atoms. The quantitative estimate of drug-likeness (QED) is 0.879. The van der Waals surface area contributed by atoms with Crippen LogP contribution in [0.4, 0.5) is 13.2 Å². The van der Waals surface area contributed by atoms with Crippen molar-refractivity contribution >= 4 is 5.91 Å². The van der Waals surface area contributed by atoms with Crippen molar-refractivity contribution in [1.29, 1.82) is 0 Å². The fraction of sp³-hybridized carbons (Fsp3) is 0.533. The topological polar surface area (TPSA) is 49.3 Å². The zero-order valence-electron chi connectivity index (χ0n) is 12.3. The molecular formula is C15H20F3NO2. The van der Waals surface area contributed by atoms with E-state index in [1.54, 1.807) is 20.8 Å². The Kier molecular flexibility index (Phi) is 5.39. The van der Waals surface area contributed by atoms with Crippen LogP contribution < -0.4 is 5.32 Å². The highest BCUT2D eigenvalue weighted by Crippen LogP contribution is 2.29. The summed E-state index contributed by atoms with van der Waals surface area (Å²) in [6.07, 6.45) is -4.02. The predicted octanol–water partition coefficient (Wildman–Crippen LogP) is 2.77. The van der Waals surface area contributed by atoms with Gasteiger partial charge in [0.25, 0.3) is 0 Å². The Morgan fingerprint density at radius 3 is 2.19 bits per heavy atom. The van der Waals surface area contributed by atoms with Crippen LogP contribution in [-0.2, 0) is 17.4 Å². The van der Waals surface area contributed by atoms with Gasteiger partial charge < -0.3 is 10.4 Å². The van der Waals surface area contributed by atoms with Gasteiger partial charge in [-0.3, -0.25) is 4.79 Å². The fourth-order valence-electron chi connectivity index (χ4n) is 1.77. The Morgan fingerprint density at radius 1 is 1.24 bits per heavy atom. The van der Waals surface area contributed by atoms with E-state index in [0.717, 1.165) is 12.1 Å². The van der Waals surface area contributed by atoms with Gasteiger partial charge in [0, 0.05) is 5.92 Å². The minimum Gasteiger partial charge on any atom is -0.394 e. The van der Waals surface area contributed by atoms with Gasteiger partial charge in [0.05, 0.1) is 17.7 Å². The first-order valence-corrected chi connectivity index (χ1v) is 6.64. The minimum atomic E-state index is -4.35. The number of carbonyl (C=O) groups excluding carboxylic acids is 1. The Balaban J connectivity index is 2.67. The van der Waals surface area contributed by atoms with Crippen LogP contribution in [-0.4, -0.2) is 23.2 Å². The first-order valence-electron chi connectivity index (χ1n) is 6.64. The van der Waals surface area contributed by atoms with Crippen molar-refractivity contribution in [2.24, 2.45) is 5.92 Å². The highest BCUT2D eigenvalue weighted by atomic mass is 19.4. The maximum Gasteiger partial charge on any atom is 0.416 e. The van der Waals surface area contributed by atoms with Crippen molar-refractivity contribution < 1.29 is 23.1 Å². The van der Waals surface area contributed by atoms with Crippen molar-refractivity contribution in [2.45, 2.75) is 38.9 Å². The van der Waals surface area contributed by atoms with Gasteiger partial charge in [-0.25, -0.2) is 0 Å². The molecule has 1 aromatic rings. The molecule has 0 radical (unpaired) electrons. The molecule has 0 bridgehead atoms. The third-order valence-electron chi connectivity index (χ3n) is 3.13. The molecule has 0 saturated carbocycles. The molecule has 0 heterocycles. The first-order chi connectivity index (χ1) is 9.55. The van der Waals surface area contributed by atoms with Crippen LogP contribution in [0.15, 0.2) is 24.3 Å². The van der Waals surface area contributed by atoms with Crippen molar-refractivity contribution in [3.05, 3.63) is 35.4 Å². The molecule has 1 unspecified atom stereocenters. The van der Waals surface area contributed by atoms with E-state index in [2.05, 4.69) is 5.32 Å². The maximum atomic E-state index is 12.4. The monoisotopic (exact) mass is 303 g/mol. The molecule has 0 saturated heterocycles. The fourth-order valence-corrected chi connectivity index (χ4v) is 1.77. The molecule has 1 amide bonds. The van der Waals surface area contributed by atoms with Crippen LogP contribution in [0.25, 0.3) is 0 Å². The number of alkyl halides is 3. The molecule has 6 heteroatoms. The van der Waals surface area contributed by atoms with Crippen LogP contribution in [0.5, 0.6) is 0 Å². The van der Waals surface area contributed by atoms with E-state index >= 15 is 0 Å². The SMILES string of the molecule is CC(Cc1ccc(C(F)(F)F)cc1)C(=O)NC(C)(C)CO. The smallest absolute Gasteiger partial charge is 0.394 e. The molecule has 0 aliphatic carbocycles. The Hall–Kier alpha value is -1.56. The molecule has 0 aliphatic heterocycles. The summed E-state index contributed by atoms with van der Waals surface area (Å²) in [5.74, 6) is -0.637. The zero-order chi connectivity index (χ0) is 16.3. The average Bonchev–Trinajstić information content (AvgIpc) is 2.37. The summed E-state index contributed by atoms with van der Waals surface area (Å²) in [6.45, 7) is 4.89. The second-order valence-electron chi connectivity index (χ2n) is 5.83. The van der Waals surface area contributed by atoms with Crippen LogP contribution in [0.3, 0.4) is 0 Å². The lowest BCUT2D eigenvalue weighted by Gasteiger charge is -2.25. The molecule has 1 aromatic carbocycles. The summed E-state index contributed by atoms with van der Waals surface area (Å²) in [6, 6.07) is 4.78. The number of carbonyl (C=O) groups is 1. The number of rotatable bonds is 5. The summed E-state index contributed by atoms with van der Waals surface area (Å²) < 4.78 is 37.3.